The first-order valence-corrected chi connectivity index (χ1v) is 8.89. The molecule has 12 nitrogen and oxygen atoms in total. The van der Waals surface area contributed by atoms with Crippen molar-refractivity contribution in [1.82, 2.24) is 15.1 Å². The van der Waals surface area contributed by atoms with Crippen LogP contribution >= 0.6 is 0 Å². The van der Waals surface area contributed by atoms with E-state index in [4.69, 9.17) is 20.5 Å². The van der Waals surface area contributed by atoms with Crippen LogP contribution in [0.4, 0.5) is 4.79 Å². The van der Waals surface area contributed by atoms with E-state index in [2.05, 4.69) is 14.4 Å². The first kappa shape index (κ1) is 17.4. The normalized spacial score (nSPS) is 23.2. The van der Waals surface area contributed by atoms with Crippen molar-refractivity contribution in [3.63, 3.8) is 0 Å². The maximum atomic E-state index is 12.3. The summed E-state index contributed by atoms with van der Waals surface area (Å²) in [5.41, 5.74) is 11.1. The molecule has 5 N–H and O–H groups in total. The van der Waals surface area contributed by atoms with Crippen molar-refractivity contribution in [1.29, 1.82) is 0 Å². The van der Waals surface area contributed by atoms with Gasteiger partial charge in [-0.3, -0.25) is 9.55 Å². The van der Waals surface area contributed by atoms with Crippen LogP contribution in [0.2, 0.25) is 0 Å². The molecule has 2 amide bonds. The van der Waals surface area contributed by atoms with Gasteiger partial charge in [0.15, 0.2) is 5.96 Å². The molecule has 0 aromatic carbocycles. The average molecular weight is 374 g/mol. The van der Waals surface area contributed by atoms with E-state index in [1.165, 1.54) is 4.90 Å². The van der Waals surface area contributed by atoms with E-state index in [0.717, 1.165) is 0 Å². The Hall–Kier alpha value is -2.38. The Kier molecular flexibility index (Phi) is 4.53. The molecule has 0 unspecified atom stereocenters. The molecule has 2 bridgehead atoms. The molecule has 1 aromatic heterocycles. The molecule has 0 saturated carbocycles. The fourth-order valence-electron chi connectivity index (χ4n) is 3.04. The van der Waals surface area contributed by atoms with Gasteiger partial charge < -0.3 is 20.9 Å². The predicted molar refractivity (Wildman–Crippen MR) is 83.2 cm³/mol. The molecule has 0 aliphatic carbocycles. The van der Waals surface area contributed by atoms with E-state index < -0.39 is 22.5 Å². The summed E-state index contributed by atoms with van der Waals surface area (Å²) in [6, 6.07) is 0.265. The van der Waals surface area contributed by atoms with Crippen molar-refractivity contribution in [3.8, 4) is 0 Å². The van der Waals surface area contributed by atoms with E-state index in [9.17, 15) is 13.2 Å². The summed E-state index contributed by atoms with van der Waals surface area (Å²) in [5.74, 6) is 0.555. The SMILES string of the molecule is NC(N)=NCCc1cc([C@H]2CC[C@@H]3CN2C(=O)N3OS(=O)(=O)O)no1. The number of guanidine groups is 1. The summed E-state index contributed by atoms with van der Waals surface area (Å²) in [7, 11) is -4.76. The molecular weight excluding hydrogens is 356 g/mol. The van der Waals surface area contributed by atoms with Crippen LogP contribution in [0.25, 0.3) is 0 Å². The van der Waals surface area contributed by atoms with Gasteiger partial charge >= 0.3 is 16.4 Å². The zero-order chi connectivity index (χ0) is 18.2. The topological polar surface area (TPSA) is 178 Å². The van der Waals surface area contributed by atoms with Crippen molar-refractivity contribution in [2.45, 2.75) is 31.3 Å². The summed E-state index contributed by atoms with van der Waals surface area (Å²) in [6.07, 6.45) is 1.51. The molecule has 2 fully saturated rings. The molecule has 138 valence electrons. The lowest BCUT2D eigenvalue weighted by Gasteiger charge is -2.28. The number of carbonyl (C=O) groups is 1. The summed E-state index contributed by atoms with van der Waals surface area (Å²) in [5, 5.41) is 4.67. The maximum absolute atomic E-state index is 12.3. The molecule has 0 spiro atoms. The number of hydrogen-bond donors (Lipinski definition) is 3. The Morgan fingerprint density at radius 2 is 2.24 bits per heavy atom. The Morgan fingerprint density at radius 3 is 2.92 bits per heavy atom. The third kappa shape index (κ3) is 3.83. The number of amides is 2. The van der Waals surface area contributed by atoms with Crippen LogP contribution in [0.1, 0.15) is 30.3 Å². The monoisotopic (exact) mass is 374 g/mol. The van der Waals surface area contributed by atoms with Crippen LogP contribution in [0.15, 0.2) is 15.6 Å². The maximum Gasteiger partial charge on any atom is 0.418 e. The minimum absolute atomic E-state index is 0.0142. The van der Waals surface area contributed by atoms with Crippen molar-refractivity contribution < 1.29 is 26.6 Å². The fourth-order valence-corrected chi connectivity index (χ4v) is 3.43. The number of hydrogen-bond acceptors (Lipinski definition) is 7. The Balaban J connectivity index is 1.70. The van der Waals surface area contributed by atoms with Gasteiger partial charge in [-0.2, -0.15) is 13.5 Å². The van der Waals surface area contributed by atoms with E-state index >= 15 is 0 Å². The summed E-state index contributed by atoms with van der Waals surface area (Å²) < 4.78 is 40.2. The van der Waals surface area contributed by atoms with E-state index in [-0.39, 0.29) is 18.5 Å². The lowest BCUT2D eigenvalue weighted by atomic mass is 9.98. The second-order valence-corrected chi connectivity index (χ2v) is 6.79. The third-order valence-electron chi connectivity index (χ3n) is 4.07. The van der Waals surface area contributed by atoms with Crippen LogP contribution < -0.4 is 11.5 Å². The van der Waals surface area contributed by atoms with Crippen molar-refractivity contribution >= 4 is 22.4 Å². The predicted octanol–water partition coefficient (Wildman–Crippen LogP) is -0.834. The van der Waals surface area contributed by atoms with Gasteiger partial charge in [-0.15, -0.1) is 4.28 Å². The zero-order valence-corrected chi connectivity index (χ0v) is 13.9. The molecule has 2 aliphatic heterocycles. The second-order valence-electron chi connectivity index (χ2n) is 5.78. The molecule has 13 heteroatoms. The highest BCUT2D eigenvalue weighted by Crippen LogP contribution is 2.38. The van der Waals surface area contributed by atoms with Gasteiger partial charge in [0, 0.05) is 25.6 Å². The van der Waals surface area contributed by atoms with Gasteiger partial charge in [0.05, 0.1) is 12.1 Å². The molecule has 2 saturated heterocycles. The first-order chi connectivity index (χ1) is 11.7. The molecule has 3 rings (SSSR count). The van der Waals surface area contributed by atoms with Crippen LogP contribution in [0.3, 0.4) is 0 Å². The lowest BCUT2D eigenvalue weighted by molar-refractivity contribution is -0.0317. The van der Waals surface area contributed by atoms with Gasteiger partial charge in [0.25, 0.3) is 0 Å². The van der Waals surface area contributed by atoms with E-state index in [0.29, 0.717) is 42.3 Å². The highest BCUT2D eigenvalue weighted by Gasteiger charge is 2.48. The van der Waals surface area contributed by atoms with Gasteiger partial charge in [0.2, 0.25) is 0 Å². The Bertz CT molecular complexity index is 788. The lowest BCUT2D eigenvalue weighted by Crippen LogP contribution is -2.35. The smallest absolute Gasteiger partial charge is 0.370 e. The number of nitrogens with two attached hydrogens (primary N) is 2. The number of aromatic nitrogens is 1. The minimum atomic E-state index is -4.76. The number of aliphatic imine (C=N–C) groups is 1. The van der Waals surface area contributed by atoms with Crippen molar-refractivity contribution in [2.75, 3.05) is 13.1 Å². The van der Waals surface area contributed by atoms with Gasteiger partial charge in [-0.05, 0) is 12.8 Å². The number of hydroxylamine groups is 2. The minimum Gasteiger partial charge on any atom is -0.370 e. The van der Waals surface area contributed by atoms with Gasteiger partial charge in [-0.25, -0.2) is 4.79 Å². The number of carbonyl (C=O) groups excluding carboxylic acids is 1. The van der Waals surface area contributed by atoms with Gasteiger partial charge in [-0.1, -0.05) is 5.16 Å². The van der Waals surface area contributed by atoms with Crippen molar-refractivity contribution in [2.24, 2.45) is 16.5 Å². The van der Waals surface area contributed by atoms with Crippen LogP contribution in [-0.4, -0.2) is 59.2 Å². The molecular formula is C12H18N6O6S. The second kappa shape index (κ2) is 6.50. The first-order valence-electron chi connectivity index (χ1n) is 7.52. The quantitative estimate of drug-likeness (QED) is 0.325. The Labute approximate surface area is 143 Å². The number of piperidine rings is 1. The third-order valence-corrected chi connectivity index (χ3v) is 4.42. The summed E-state index contributed by atoms with van der Waals surface area (Å²) >= 11 is 0. The molecule has 2 aliphatic rings. The number of urea groups is 1. The summed E-state index contributed by atoms with van der Waals surface area (Å²) in [6.45, 7) is 0.623. The van der Waals surface area contributed by atoms with Crippen LogP contribution in [0, 0.1) is 0 Å². The molecule has 25 heavy (non-hydrogen) atoms. The van der Waals surface area contributed by atoms with Crippen LogP contribution in [-0.2, 0) is 21.1 Å². The van der Waals surface area contributed by atoms with E-state index in [1.807, 2.05) is 0 Å². The number of fused-ring (bicyclic) bond motifs is 2. The zero-order valence-electron chi connectivity index (χ0n) is 13.1. The number of rotatable bonds is 6. The van der Waals surface area contributed by atoms with E-state index in [1.54, 1.807) is 6.07 Å². The largest absolute Gasteiger partial charge is 0.418 e. The van der Waals surface area contributed by atoms with Crippen LogP contribution in [0.5, 0.6) is 0 Å². The standard InChI is InChI=1S/C12H18N6O6S/c13-11(14)15-4-3-8-5-9(16-23-8)10-2-1-7-6-17(10)12(19)18(7)24-25(20,21)22/h5,7,10H,1-4,6H2,(H4,13,14,15)(H,20,21,22)/t7-,10-/m1/s1. The highest BCUT2D eigenvalue weighted by atomic mass is 32.3. The van der Waals surface area contributed by atoms with Crippen molar-refractivity contribution in [3.05, 3.63) is 17.5 Å². The molecule has 1 aromatic rings. The molecule has 3 heterocycles. The molecule has 0 radical (unpaired) electrons. The number of nitrogens with zero attached hydrogens (tertiary/aromatic N) is 4. The Morgan fingerprint density at radius 1 is 1.48 bits per heavy atom. The van der Waals surface area contributed by atoms with Gasteiger partial charge in [0.1, 0.15) is 11.5 Å². The summed E-state index contributed by atoms with van der Waals surface area (Å²) in [4.78, 5) is 17.6. The fraction of sp³-hybridized carbons (Fsp3) is 0.583. The molecule has 2 atom stereocenters. The highest BCUT2D eigenvalue weighted by molar-refractivity contribution is 7.80. The average Bonchev–Trinajstić information content (AvgIpc) is 3.06.